The normalized spacial score (nSPS) is 38.0. The van der Waals surface area contributed by atoms with Crippen molar-refractivity contribution >= 4 is 47.8 Å². The lowest BCUT2D eigenvalue weighted by Gasteiger charge is -2.59. The van der Waals surface area contributed by atoms with Crippen molar-refractivity contribution in [1.29, 1.82) is 0 Å². The average molecular weight is 1480 g/mol. The average Bonchev–Trinajstić information content (AvgIpc) is 1.48. The highest BCUT2D eigenvalue weighted by atomic mass is 16.6. The Bertz CT molecular complexity index is 2960. The fourth-order valence-corrected chi connectivity index (χ4v) is 21.7. The molecule has 18 nitrogen and oxygen atoms in total. The number of ether oxygens (including phenoxy) is 8. The van der Waals surface area contributed by atoms with Gasteiger partial charge in [-0.1, -0.05) is 55.4 Å². The van der Waals surface area contributed by atoms with Crippen LogP contribution in [0.5, 0.6) is 0 Å². The minimum Gasteiger partial charge on any atom is -0.463 e. The second-order valence-electron chi connectivity index (χ2n) is 40.1. The summed E-state index contributed by atoms with van der Waals surface area (Å²) in [6.07, 6.45) is 29.5. The first-order chi connectivity index (χ1) is 48.8. The predicted octanol–water partition coefficient (Wildman–Crippen LogP) is 17.4. The van der Waals surface area contributed by atoms with E-state index in [0.29, 0.717) is 87.2 Å². The minimum absolute atomic E-state index is 0.00870. The lowest BCUT2D eigenvalue weighted by molar-refractivity contribution is -0.226. The van der Waals surface area contributed by atoms with E-state index in [1.54, 1.807) is 27.7 Å². The minimum atomic E-state index is -0.687. The number of carbonyl (C=O) groups excluding carboxylic acids is 8. The van der Waals surface area contributed by atoms with Crippen molar-refractivity contribution in [3.8, 4) is 0 Å². The second-order valence-corrected chi connectivity index (χ2v) is 40.1. The summed E-state index contributed by atoms with van der Waals surface area (Å²) in [5.74, 6) is 7.42. The van der Waals surface area contributed by atoms with E-state index in [-0.39, 0.29) is 69.1 Å². The Morgan fingerprint density at radius 2 is 0.724 bits per heavy atom. The lowest BCUT2D eigenvalue weighted by Crippen LogP contribution is -2.61. The Kier molecular flexibility index (Phi) is 25.7. The van der Waals surface area contributed by atoms with Crippen LogP contribution in [0.1, 0.15) is 338 Å². The second kappa shape index (κ2) is 31.8. The Labute approximate surface area is 631 Å². The van der Waals surface area contributed by atoms with Crippen LogP contribution in [0.2, 0.25) is 0 Å². The first-order valence-electron chi connectivity index (χ1n) is 41.9. The summed E-state index contributed by atoms with van der Waals surface area (Å²) < 4.78 is 43.8. The van der Waals surface area contributed by atoms with Crippen LogP contribution in [0.15, 0.2) is 0 Å². The molecule has 0 spiro atoms. The number of fused-ring (bicyclic) bond motifs is 11. The number of cyclic esters (lactones) is 2. The third-order valence-electron chi connectivity index (χ3n) is 30.1. The molecule has 14 bridgehead atoms. The van der Waals surface area contributed by atoms with Gasteiger partial charge >= 0.3 is 47.8 Å². The molecule has 0 radical (unpaired) electrons. The van der Waals surface area contributed by atoms with Gasteiger partial charge < -0.3 is 48.1 Å². The number of rotatable bonds is 20. The largest absolute Gasteiger partial charge is 0.463 e. The molecule has 16 rings (SSSR count). The van der Waals surface area contributed by atoms with E-state index in [1.165, 1.54) is 57.8 Å². The third-order valence-corrected chi connectivity index (χ3v) is 30.1. The molecule has 105 heavy (non-hydrogen) atoms. The van der Waals surface area contributed by atoms with E-state index in [4.69, 9.17) is 37.9 Å². The van der Waals surface area contributed by atoms with Gasteiger partial charge in [-0.05, 0) is 322 Å². The molecular weight excluding hydrogens is 1330 g/mol. The Balaban J connectivity index is 0.000000147. The van der Waals surface area contributed by atoms with Gasteiger partial charge in [0.1, 0.15) is 22.4 Å². The number of aliphatic hydroxyl groups is 2. The van der Waals surface area contributed by atoms with Crippen molar-refractivity contribution in [1.82, 2.24) is 0 Å². The van der Waals surface area contributed by atoms with Gasteiger partial charge in [0.25, 0.3) is 0 Å². The number of hydrogen-bond donors (Lipinski definition) is 2. The molecule has 16 aliphatic rings. The molecule has 16 atom stereocenters. The summed E-state index contributed by atoms with van der Waals surface area (Å²) in [6, 6.07) is 0. The van der Waals surface area contributed by atoms with Crippen molar-refractivity contribution in [3.63, 3.8) is 0 Å². The maximum atomic E-state index is 12.7. The smallest absolute Gasteiger partial charge is 0.347 e. The maximum absolute atomic E-state index is 12.7. The van der Waals surface area contributed by atoms with Gasteiger partial charge in [0.05, 0.1) is 56.9 Å². The SMILES string of the molecule is CCC(C)(C)C(=O)OC1(CC)CC2CC1C1C3CCC(C3)C21.CCC(C)(C)C(=O)OC1(CC)CC2CCC1C2.CCC(C)(C)C(=O)OC12CC3CC(CC(O)(C3)C1)C2.CCC(C)(C)C(=O)OC12CC3CC(CC(O)(C3)C1)C2.CCC(C)(C)C(=O)OC1CCOC1=O.CCC(C)(C)C(=O)OC1CCOC1=O. The molecule has 0 aromatic heterocycles. The van der Waals surface area contributed by atoms with Gasteiger partial charge in [-0.25, -0.2) is 9.59 Å². The van der Waals surface area contributed by atoms with Crippen LogP contribution in [0.25, 0.3) is 0 Å². The standard InChI is InChI=1S/C20H32O2.2C16H26O3.C15H26O2.2C10H16O4/c1-5-19(3,4)18(21)22-20(6-2)11-14-10-15(20)17-13-8-7-12(9-13)16(14)17;2*1-4-14(2,3)13(17)19-16-8-11-5-12(9-16)7-15(18,6-11)10-16;1-5-14(3,4)13(16)17-15(6-2)10-11-7-8-12(15)9-11;2*1-4-10(2,3)9(12)14-7-5-6-13-8(7)11/h12-17H,5-11H2,1-4H3;2*11-12,18H,4-10H2,1-3H3;11-12H,5-10H2,1-4H3;2*7H,4-6H2,1-3H3. The zero-order valence-corrected chi connectivity index (χ0v) is 68.8. The molecule has 598 valence electrons. The number of hydrogen-bond acceptors (Lipinski definition) is 18. The van der Waals surface area contributed by atoms with Gasteiger partial charge in [0, 0.05) is 31.6 Å². The monoisotopic (exact) mass is 1480 g/mol. The molecule has 14 saturated carbocycles. The molecule has 16 unspecified atom stereocenters. The Morgan fingerprint density at radius 1 is 0.371 bits per heavy atom. The summed E-state index contributed by atoms with van der Waals surface area (Å²) in [5, 5.41) is 21.3. The molecule has 0 amide bonds. The highest BCUT2D eigenvalue weighted by Crippen LogP contribution is 2.71. The zero-order chi connectivity index (χ0) is 77.7. The highest BCUT2D eigenvalue weighted by molar-refractivity contribution is 5.84. The number of carbonyl (C=O) groups is 8. The summed E-state index contributed by atoms with van der Waals surface area (Å²) in [5.41, 5.74) is -4.61. The zero-order valence-electron chi connectivity index (χ0n) is 68.8. The molecule has 18 heteroatoms. The third kappa shape index (κ3) is 18.3. The van der Waals surface area contributed by atoms with Crippen LogP contribution in [0.3, 0.4) is 0 Å². The van der Waals surface area contributed by atoms with Crippen LogP contribution in [0.4, 0.5) is 0 Å². The van der Waals surface area contributed by atoms with Crippen LogP contribution in [-0.4, -0.2) is 117 Å². The topological polar surface area (TPSA) is 251 Å². The van der Waals surface area contributed by atoms with E-state index in [1.807, 2.05) is 83.1 Å². The summed E-state index contributed by atoms with van der Waals surface area (Å²) in [4.78, 5) is 94.9. The van der Waals surface area contributed by atoms with Crippen molar-refractivity contribution in [3.05, 3.63) is 0 Å². The molecular formula is C87H142O18. The molecule has 2 N–H and O–H groups in total. The molecule has 0 aromatic carbocycles. The van der Waals surface area contributed by atoms with E-state index < -0.39 is 57.0 Å². The summed E-state index contributed by atoms with van der Waals surface area (Å²) in [6.45, 7) is 40.2. The molecule has 2 saturated heterocycles. The molecule has 14 aliphatic carbocycles. The van der Waals surface area contributed by atoms with Crippen LogP contribution < -0.4 is 0 Å². The Hall–Kier alpha value is -4.32. The summed E-state index contributed by atoms with van der Waals surface area (Å²) in [7, 11) is 0. The van der Waals surface area contributed by atoms with Crippen molar-refractivity contribution < 1.29 is 86.5 Å². The van der Waals surface area contributed by atoms with Crippen molar-refractivity contribution in [2.75, 3.05) is 13.2 Å². The highest BCUT2D eigenvalue weighted by Gasteiger charge is 2.69. The van der Waals surface area contributed by atoms with Gasteiger partial charge in [-0.3, -0.25) is 28.8 Å². The van der Waals surface area contributed by atoms with Crippen LogP contribution in [-0.2, 0) is 76.3 Å². The molecule has 0 aromatic rings. The van der Waals surface area contributed by atoms with Gasteiger partial charge in [0.15, 0.2) is 0 Å². The predicted molar refractivity (Wildman–Crippen MR) is 400 cm³/mol. The van der Waals surface area contributed by atoms with Gasteiger partial charge in [-0.2, -0.15) is 0 Å². The van der Waals surface area contributed by atoms with Crippen LogP contribution in [0, 0.1) is 104 Å². The van der Waals surface area contributed by atoms with Crippen molar-refractivity contribution in [2.24, 2.45) is 104 Å². The molecule has 2 heterocycles. The van der Waals surface area contributed by atoms with Gasteiger partial charge in [0.2, 0.25) is 12.2 Å². The first-order valence-corrected chi connectivity index (χ1v) is 41.9. The van der Waals surface area contributed by atoms with E-state index >= 15 is 0 Å². The van der Waals surface area contributed by atoms with E-state index in [9.17, 15) is 48.6 Å². The first kappa shape index (κ1) is 84.7. The summed E-state index contributed by atoms with van der Waals surface area (Å²) >= 11 is 0. The van der Waals surface area contributed by atoms with E-state index in [2.05, 4.69) is 27.7 Å². The van der Waals surface area contributed by atoms with Crippen LogP contribution >= 0.6 is 0 Å². The van der Waals surface area contributed by atoms with Crippen molar-refractivity contribution in [2.45, 2.75) is 383 Å². The quantitative estimate of drug-likeness (QED) is 0.0653. The maximum Gasteiger partial charge on any atom is 0.347 e. The fraction of sp³-hybridized carbons (Fsp3) is 0.908. The number of esters is 8. The van der Waals surface area contributed by atoms with E-state index in [0.717, 1.165) is 138 Å². The fourth-order valence-electron chi connectivity index (χ4n) is 21.7. The molecule has 16 fully saturated rings. The lowest BCUT2D eigenvalue weighted by atomic mass is 9.52. The van der Waals surface area contributed by atoms with Gasteiger partial charge in [-0.15, -0.1) is 0 Å². The Morgan fingerprint density at radius 3 is 1.04 bits per heavy atom. The molecule has 2 aliphatic heterocycles.